The van der Waals surface area contributed by atoms with Crippen LogP contribution in [0.4, 0.5) is 11.4 Å². The molecule has 3 aromatic carbocycles. The minimum atomic E-state index is -0.0608. The number of carbonyl (C=O) groups excluding carboxylic acids is 1. The summed E-state index contributed by atoms with van der Waals surface area (Å²) in [6, 6.07) is 26.4. The highest BCUT2D eigenvalue weighted by atomic mass is 32.2. The van der Waals surface area contributed by atoms with Crippen molar-refractivity contribution in [1.82, 2.24) is 0 Å². The molecule has 0 bridgehead atoms. The van der Waals surface area contributed by atoms with E-state index in [0.29, 0.717) is 10.1 Å². The maximum Gasteiger partial charge on any atom is 0.274 e. The van der Waals surface area contributed by atoms with Crippen molar-refractivity contribution < 1.29 is 4.79 Å². The summed E-state index contributed by atoms with van der Waals surface area (Å²) in [5.74, 6) is -0.0261. The zero-order valence-electron chi connectivity index (χ0n) is 18.1. The van der Waals surface area contributed by atoms with E-state index < -0.39 is 0 Å². The summed E-state index contributed by atoms with van der Waals surface area (Å²) in [4.78, 5) is 24.5. The summed E-state index contributed by atoms with van der Waals surface area (Å²) in [7, 11) is 2.02. The minimum absolute atomic E-state index is 0.0261. The van der Waals surface area contributed by atoms with Crippen LogP contribution in [0.5, 0.6) is 0 Å². The summed E-state index contributed by atoms with van der Waals surface area (Å²) in [5.41, 5.74) is 4.20. The van der Waals surface area contributed by atoms with E-state index in [-0.39, 0.29) is 11.9 Å². The molecule has 0 radical (unpaired) electrons. The third-order valence-electron chi connectivity index (χ3n) is 5.56. The molecule has 1 saturated heterocycles. The number of carbonyl (C=O) groups is 1. The standard InChI is InChI=1S/C26H23N3OS2/c1-17-10-9-13-20(16-17)29-24(30)23(25-28(3)21-14-7-8-15-22(21)31-25)32-26(29)27-18(2)19-11-5-4-6-12-19/h4-16,18H,1-3H3/b25-23-,27-26?/t18-/m0/s1. The number of nitrogens with zero attached hydrogens (tertiary/aromatic N) is 3. The average Bonchev–Trinajstić information content (AvgIpc) is 3.30. The second-order valence-electron chi connectivity index (χ2n) is 7.84. The monoisotopic (exact) mass is 457 g/mol. The predicted molar refractivity (Wildman–Crippen MR) is 136 cm³/mol. The van der Waals surface area contributed by atoms with Crippen molar-refractivity contribution in [3.05, 3.63) is 99.9 Å². The molecular formula is C26H23N3OS2. The van der Waals surface area contributed by atoms with E-state index >= 15 is 0 Å². The van der Waals surface area contributed by atoms with E-state index in [1.54, 1.807) is 16.7 Å². The zero-order valence-corrected chi connectivity index (χ0v) is 19.8. The summed E-state index contributed by atoms with van der Waals surface area (Å²) in [6.07, 6.45) is 0. The molecule has 0 aromatic heterocycles. The van der Waals surface area contributed by atoms with Crippen LogP contribution in [-0.4, -0.2) is 18.1 Å². The van der Waals surface area contributed by atoms with Gasteiger partial charge < -0.3 is 4.90 Å². The van der Waals surface area contributed by atoms with Gasteiger partial charge in [-0.25, -0.2) is 0 Å². The van der Waals surface area contributed by atoms with Crippen LogP contribution >= 0.6 is 23.5 Å². The van der Waals surface area contributed by atoms with Crippen LogP contribution in [0.2, 0.25) is 0 Å². The maximum atomic E-state index is 13.8. The third kappa shape index (κ3) is 3.74. The molecule has 1 fully saturated rings. The Kier molecular flexibility index (Phi) is 5.57. The molecule has 4 nitrogen and oxygen atoms in total. The lowest BCUT2D eigenvalue weighted by molar-refractivity contribution is -0.113. The SMILES string of the molecule is Cc1cccc(N2C(=O)/C(=C3/Sc4ccccc4N3C)SC2=N[C@@H](C)c2ccccc2)c1. The van der Waals surface area contributed by atoms with Crippen molar-refractivity contribution in [3.63, 3.8) is 0 Å². The fraction of sp³-hybridized carbons (Fsp3) is 0.154. The first-order chi connectivity index (χ1) is 15.5. The van der Waals surface area contributed by atoms with Gasteiger partial charge in [-0.05, 0) is 61.0 Å². The molecule has 160 valence electrons. The van der Waals surface area contributed by atoms with Crippen molar-refractivity contribution in [1.29, 1.82) is 0 Å². The molecule has 3 aromatic rings. The lowest BCUT2D eigenvalue weighted by Crippen LogP contribution is -2.29. The summed E-state index contributed by atoms with van der Waals surface area (Å²) in [5, 5.41) is 1.67. The van der Waals surface area contributed by atoms with Gasteiger partial charge >= 0.3 is 0 Å². The normalized spacial score (nSPS) is 20.2. The van der Waals surface area contributed by atoms with Crippen molar-refractivity contribution >= 4 is 46.0 Å². The smallest absolute Gasteiger partial charge is 0.274 e. The van der Waals surface area contributed by atoms with E-state index in [2.05, 4.69) is 36.1 Å². The Morgan fingerprint density at radius 2 is 1.66 bits per heavy atom. The number of rotatable bonds is 3. The van der Waals surface area contributed by atoms with Crippen molar-refractivity contribution in [2.24, 2.45) is 4.99 Å². The van der Waals surface area contributed by atoms with Gasteiger partial charge in [0.1, 0.15) is 4.91 Å². The topological polar surface area (TPSA) is 35.9 Å². The maximum absolute atomic E-state index is 13.8. The second-order valence-corrected chi connectivity index (χ2v) is 9.85. The highest BCUT2D eigenvalue weighted by Gasteiger charge is 2.40. The first kappa shape index (κ1) is 20.9. The molecule has 0 N–H and O–H groups in total. The van der Waals surface area contributed by atoms with Gasteiger partial charge in [0.25, 0.3) is 5.91 Å². The number of thioether (sulfide) groups is 2. The first-order valence-electron chi connectivity index (χ1n) is 10.5. The number of hydrogen-bond donors (Lipinski definition) is 0. The predicted octanol–water partition coefficient (Wildman–Crippen LogP) is 6.60. The van der Waals surface area contributed by atoms with Gasteiger partial charge in [-0.15, -0.1) is 0 Å². The zero-order chi connectivity index (χ0) is 22.2. The largest absolute Gasteiger partial charge is 0.337 e. The van der Waals surface area contributed by atoms with Crippen molar-refractivity contribution in [2.75, 3.05) is 16.8 Å². The van der Waals surface area contributed by atoms with E-state index in [1.807, 2.05) is 68.6 Å². The van der Waals surface area contributed by atoms with E-state index in [0.717, 1.165) is 32.4 Å². The first-order valence-corrected chi connectivity index (χ1v) is 12.1. The van der Waals surface area contributed by atoms with E-state index in [1.165, 1.54) is 11.8 Å². The van der Waals surface area contributed by atoms with Gasteiger partial charge in [0.2, 0.25) is 0 Å². The Hall–Kier alpha value is -2.96. The van der Waals surface area contributed by atoms with Gasteiger partial charge in [-0.3, -0.25) is 14.7 Å². The molecule has 0 spiro atoms. The highest BCUT2D eigenvalue weighted by Crippen LogP contribution is 2.50. The number of anilines is 2. The lowest BCUT2D eigenvalue weighted by Gasteiger charge is -2.18. The summed E-state index contributed by atoms with van der Waals surface area (Å²) < 4.78 is 0. The van der Waals surface area contributed by atoms with Gasteiger partial charge in [-0.1, -0.05) is 66.4 Å². The summed E-state index contributed by atoms with van der Waals surface area (Å²) >= 11 is 3.11. The third-order valence-corrected chi connectivity index (χ3v) is 7.97. The fourth-order valence-corrected chi connectivity index (χ4v) is 6.26. The Bertz CT molecular complexity index is 1250. The molecule has 2 heterocycles. The quantitative estimate of drug-likeness (QED) is 0.415. The second kappa shape index (κ2) is 8.52. The van der Waals surface area contributed by atoms with Gasteiger partial charge in [-0.2, -0.15) is 0 Å². The van der Waals surface area contributed by atoms with Gasteiger partial charge in [0.15, 0.2) is 5.17 Å². The number of benzene rings is 3. The fourth-order valence-electron chi connectivity index (χ4n) is 3.86. The number of aliphatic imine (C=N–C) groups is 1. The van der Waals surface area contributed by atoms with Crippen LogP contribution < -0.4 is 9.80 Å². The lowest BCUT2D eigenvalue weighted by atomic mass is 10.1. The van der Waals surface area contributed by atoms with Gasteiger partial charge in [0.05, 0.1) is 22.4 Å². The van der Waals surface area contributed by atoms with Gasteiger partial charge in [0, 0.05) is 11.9 Å². The van der Waals surface area contributed by atoms with E-state index in [4.69, 9.17) is 4.99 Å². The number of amides is 1. The number of amidine groups is 1. The molecule has 1 amide bonds. The Morgan fingerprint density at radius 3 is 2.41 bits per heavy atom. The number of fused-ring (bicyclic) bond motifs is 1. The Labute approximate surface area is 197 Å². The molecule has 2 aliphatic rings. The molecule has 5 rings (SSSR count). The summed E-state index contributed by atoms with van der Waals surface area (Å²) in [6.45, 7) is 4.11. The van der Waals surface area contributed by atoms with Crippen molar-refractivity contribution in [3.8, 4) is 0 Å². The molecule has 0 aliphatic carbocycles. The van der Waals surface area contributed by atoms with Crippen LogP contribution in [0.25, 0.3) is 0 Å². The van der Waals surface area contributed by atoms with Crippen LogP contribution in [0.3, 0.4) is 0 Å². The van der Waals surface area contributed by atoms with Crippen molar-refractivity contribution in [2.45, 2.75) is 24.8 Å². The van der Waals surface area contributed by atoms with Crippen LogP contribution in [-0.2, 0) is 4.79 Å². The number of hydrogen-bond acceptors (Lipinski definition) is 5. The average molecular weight is 458 g/mol. The minimum Gasteiger partial charge on any atom is -0.337 e. The van der Waals surface area contributed by atoms with Crippen LogP contribution in [0.1, 0.15) is 24.1 Å². The molecule has 0 saturated carbocycles. The number of para-hydroxylation sites is 1. The number of aryl methyl sites for hydroxylation is 1. The molecular weight excluding hydrogens is 434 g/mol. The van der Waals surface area contributed by atoms with Crippen LogP contribution in [0.15, 0.2) is 98.7 Å². The van der Waals surface area contributed by atoms with Crippen LogP contribution in [0, 0.1) is 6.92 Å². The molecule has 6 heteroatoms. The van der Waals surface area contributed by atoms with E-state index in [9.17, 15) is 4.79 Å². The Morgan fingerprint density at radius 1 is 0.906 bits per heavy atom. The highest BCUT2D eigenvalue weighted by molar-refractivity contribution is 8.20. The molecule has 1 atom stereocenters. The molecule has 32 heavy (non-hydrogen) atoms. The molecule has 0 unspecified atom stereocenters. The Balaban J connectivity index is 1.59. The molecule has 2 aliphatic heterocycles.